The van der Waals surface area contributed by atoms with Crippen LogP contribution in [0.4, 0.5) is 0 Å². The van der Waals surface area contributed by atoms with Crippen molar-refractivity contribution >= 4 is 11.8 Å². The van der Waals surface area contributed by atoms with Gasteiger partial charge < -0.3 is 0 Å². The lowest BCUT2D eigenvalue weighted by atomic mass is 10.0. The third-order valence-electron chi connectivity index (χ3n) is 1.67. The van der Waals surface area contributed by atoms with E-state index in [0.717, 1.165) is 0 Å². The van der Waals surface area contributed by atoms with Crippen LogP contribution in [-0.2, 0) is 0 Å². The lowest BCUT2D eigenvalue weighted by Crippen LogP contribution is -1.93. The molecule has 0 aromatic rings. The second-order valence-electron chi connectivity index (χ2n) is 2.37. The van der Waals surface area contributed by atoms with E-state index in [-0.39, 0.29) is 0 Å². The predicted molar refractivity (Wildman–Crippen MR) is 51.3 cm³/mol. The Morgan fingerprint density at radius 2 is 2.30 bits per heavy atom. The molecule has 0 radical (unpaired) electrons. The molecule has 0 aliphatic carbocycles. The molecule has 0 aliphatic heterocycles. The lowest BCUT2D eigenvalue weighted by molar-refractivity contribution is 0.672. The van der Waals surface area contributed by atoms with Crippen LogP contribution in [0.25, 0.3) is 0 Å². The van der Waals surface area contributed by atoms with Crippen LogP contribution in [0, 0.1) is 5.92 Å². The van der Waals surface area contributed by atoms with Gasteiger partial charge in [-0.1, -0.05) is 26.5 Å². The molecule has 10 heavy (non-hydrogen) atoms. The van der Waals surface area contributed by atoms with Gasteiger partial charge in [0.05, 0.1) is 0 Å². The van der Waals surface area contributed by atoms with Gasteiger partial charge in [0.2, 0.25) is 0 Å². The van der Waals surface area contributed by atoms with Crippen LogP contribution < -0.4 is 0 Å². The summed E-state index contributed by atoms with van der Waals surface area (Å²) >= 11 is 1.74. The predicted octanol–water partition coefficient (Wildman–Crippen LogP) is 3.47. The van der Waals surface area contributed by atoms with E-state index >= 15 is 0 Å². The van der Waals surface area contributed by atoms with Crippen molar-refractivity contribution in [2.75, 3.05) is 6.26 Å². The zero-order chi connectivity index (χ0) is 7.98. The maximum absolute atomic E-state index is 3.77. The Morgan fingerprint density at radius 1 is 1.70 bits per heavy atom. The Kier molecular flexibility index (Phi) is 5.51. The van der Waals surface area contributed by atoms with Crippen molar-refractivity contribution < 1.29 is 0 Å². The summed E-state index contributed by atoms with van der Waals surface area (Å²) in [5.74, 6) is 0.657. The monoisotopic (exact) mass is 156 g/mol. The highest BCUT2D eigenvalue weighted by Crippen LogP contribution is 2.17. The van der Waals surface area contributed by atoms with E-state index in [1.807, 2.05) is 6.08 Å². The van der Waals surface area contributed by atoms with Crippen LogP contribution in [0.3, 0.4) is 0 Å². The molecular formula is C9H16S. The summed E-state index contributed by atoms with van der Waals surface area (Å²) in [4.78, 5) is 0. The number of hydrogen-bond acceptors (Lipinski definition) is 1. The molecule has 0 aromatic heterocycles. The fourth-order valence-electron chi connectivity index (χ4n) is 0.737. The number of thioether (sulfide) groups is 1. The summed E-state index contributed by atoms with van der Waals surface area (Å²) in [6.07, 6.45) is 5.22. The highest BCUT2D eigenvalue weighted by Gasteiger charge is 2.00. The quantitative estimate of drug-likeness (QED) is 0.562. The average molecular weight is 156 g/mol. The van der Waals surface area contributed by atoms with Crippen molar-refractivity contribution in [3.05, 3.63) is 23.6 Å². The van der Waals surface area contributed by atoms with E-state index in [9.17, 15) is 0 Å². The zero-order valence-corrected chi connectivity index (χ0v) is 7.87. The van der Waals surface area contributed by atoms with E-state index in [4.69, 9.17) is 0 Å². The fourth-order valence-corrected chi connectivity index (χ4v) is 1.34. The molecule has 0 heterocycles. The van der Waals surface area contributed by atoms with Gasteiger partial charge in [0.1, 0.15) is 0 Å². The first-order valence-electron chi connectivity index (χ1n) is 3.61. The van der Waals surface area contributed by atoms with Crippen LogP contribution in [0.5, 0.6) is 0 Å². The Labute approximate surface area is 68.4 Å². The topological polar surface area (TPSA) is 0 Å². The Balaban J connectivity index is 4.05. The normalized spacial score (nSPS) is 14.9. The molecule has 1 unspecified atom stereocenters. The molecule has 0 spiro atoms. The fraction of sp³-hybridized carbons (Fsp3) is 0.556. The van der Waals surface area contributed by atoms with E-state index in [1.165, 1.54) is 12.0 Å². The first kappa shape index (κ1) is 9.83. The van der Waals surface area contributed by atoms with E-state index < -0.39 is 0 Å². The third-order valence-corrected chi connectivity index (χ3v) is 2.18. The standard InChI is InChI=1S/C9H16S/c1-5-8(3)9(6-2)7-10-4/h6-8H,2,5H2,1,3-4H3. The second-order valence-corrected chi connectivity index (χ2v) is 3.07. The van der Waals surface area contributed by atoms with Gasteiger partial charge in [-0.05, 0) is 29.6 Å². The first-order valence-corrected chi connectivity index (χ1v) is 4.90. The van der Waals surface area contributed by atoms with Crippen LogP contribution in [0.1, 0.15) is 20.3 Å². The van der Waals surface area contributed by atoms with Crippen LogP contribution >= 0.6 is 11.8 Å². The van der Waals surface area contributed by atoms with Gasteiger partial charge in [-0.25, -0.2) is 0 Å². The molecule has 58 valence electrons. The Hall–Kier alpha value is -0.170. The molecule has 0 saturated carbocycles. The summed E-state index contributed by atoms with van der Waals surface area (Å²) in [5.41, 5.74) is 1.36. The van der Waals surface area contributed by atoms with Gasteiger partial charge >= 0.3 is 0 Å². The largest absolute Gasteiger partial charge is 0.137 e. The summed E-state index contributed by atoms with van der Waals surface area (Å²) in [5, 5.41) is 2.17. The Bertz CT molecular complexity index is 125. The SMILES string of the molecule is C=CC(=CSC)C(C)CC. The molecule has 0 nitrogen and oxygen atoms in total. The zero-order valence-electron chi connectivity index (χ0n) is 7.05. The Morgan fingerprint density at radius 3 is 2.60 bits per heavy atom. The molecule has 1 atom stereocenters. The van der Waals surface area contributed by atoms with Gasteiger partial charge in [0, 0.05) is 0 Å². The molecule has 0 saturated heterocycles. The van der Waals surface area contributed by atoms with Gasteiger partial charge in [-0.3, -0.25) is 0 Å². The van der Waals surface area contributed by atoms with Crippen molar-refractivity contribution in [2.45, 2.75) is 20.3 Å². The molecule has 0 rings (SSSR count). The average Bonchev–Trinajstić information content (AvgIpc) is 1.99. The van der Waals surface area contributed by atoms with Gasteiger partial charge in [-0.15, -0.1) is 11.8 Å². The highest BCUT2D eigenvalue weighted by atomic mass is 32.2. The van der Waals surface area contributed by atoms with Crippen LogP contribution in [0.15, 0.2) is 23.6 Å². The maximum atomic E-state index is 3.77. The molecule has 0 amide bonds. The maximum Gasteiger partial charge on any atom is -0.0142 e. The van der Waals surface area contributed by atoms with E-state index in [2.05, 4.69) is 32.1 Å². The van der Waals surface area contributed by atoms with Crippen molar-refractivity contribution in [3.63, 3.8) is 0 Å². The number of hydrogen-bond donors (Lipinski definition) is 0. The van der Waals surface area contributed by atoms with E-state index in [0.29, 0.717) is 5.92 Å². The summed E-state index contributed by atoms with van der Waals surface area (Å²) < 4.78 is 0. The van der Waals surface area contributed by atoms with Gasteiger partial charge in [0.25, 0.3) is 0 Å². The minimum Gasteiger partial charge on any atom is -0.137 e. The molecule has 0 bridgehead atoms. The summed E-state index contributed by atoms with van der Waals surface area (Å²) in [6, 6.07) is 0. The van der Waals surface area contributed by atoms with Gasteiger partial charge in [0.15, 0.2) is 0 Å². The molecule has 0 fully saturated rings. The minimum absolute atomic E-state index is 0.657. The van der Waals surface area contributed by atoms with Crippen molar-refractivity contribution in [3.8, 4) is 0 Å². The molecule has 0 aliphatic rings. The second kappa shape index (κ2) is 5.60. The highest BCUT2D eigenvalue weighted by molar-refractivity contribution is 8.01. The molecule has 0 aromatic carbocycles. The number of rotatable bonds is 4. The third kappa shape index (κ3) is 3.11. The summed E-state index contributed by atoms with van der Waals surface area (Å²) in [6.45, 7) is 8.19. The van der Waals surface area contributed by atoms with Crippen molar-refractivity contribution in [1.29, 1.82) is 0 Å². The smallest absolute Gasteiger partial charge is 0.0142 e. The molecular weight excluding hydrogens is 140 g/mol. The van der Waals surface area contributed by atoms with Crippen molar-refractivity contribution in [2.24, 2.45) is 5.92 Å². The van der Waals surface area contributed by atoms with Gasteiger partial charge in [-0.2, -0.15) is 0 Å². The summed E-state index contributed by atoms with van der Waals surface area (Å²) in [7, 11) is 0. The lowest BCUT2D eigenvalue weighted by Gasteiger charge is -2.08. The molecule has 0 N–H and O–H groups in total. The van der Waals surface area contributed by atoms with E-state index in [1.54, 1.807) is 11.8 Å². The minimum atomic E-state index is 0.657. The number of allylic oxidation sites excluding steroid dienone is 2. The van der Waals surface area contributed by atoms with Crippen LogP contribution in [0.2, 0.25) is 0 Å². The molecule has 1 heteroatoms. The van der Waals surface area contributed by atoms with Crippen LogP contribution in [-0.4, -0.2) is 6.26 Å². The van der Waals surface area contributed by atoms with Crippen molar-refractivity contribution in [1.82, 2.24) is 0 Å². The first-order chi connectivity index (χ1) is 4.76.